The predicted molar refractivity (Wildman–Crippen MR) is 124 cm³/mol. The van der Waals surface area contributed by atoms with E-state index in [1.54, 1.807) is 36.4 Å². The summed E-state index contributed by atoms with van der Waals surface area (Å²) in [7, 11) is -3.56. The highest BCUT2D eigenvalue weighted by atomic mass is 35.5. The molecule has 4 rings (SSSR count). The van der Waals surface area contributed by atoms with Gasteiger partial charge in [0.25, 0.3) is 0 Å². The zero-order chi connectivity index (χ0) is 21.5. The van der Waals surface area contributed by atoms with Crippen molar-refractivity contribution in [2.24, 2.45) is 0 Å². The van der Waals surface area contributed by atoms with E-state index in [1.165, 1.54) is 4.31 Å². The Morgan fingerprint density at radius 3 is 1.97 bits per heavy atom. The van der Waals surface area contributed by atoms with Crippen LogP contribution in [-0.4, -0.2) is 37.0 Å². The van der Waals surface area contributed by atoms with Crippen molar-refractivity contribution in [3.05, 3.63) is 76.8 Å². The average molecular weight is 463 g/mol. The molecule has 5 nitrogen and oxygen atoms in total. The van der Waals surface area contributed by atoms with Crippen molar-refractivity contribution in [1.82, 2.24) is 4.57 Å². The first-order valence-corrected chi connectivity index (χ1v) is 11.9. The van der Waals surface area contributed by atoms with Crippen molar-refractivity contribution >= 4 is 60.7 Å². The van der Waals surface area contributed by atoms with E-state index >= 15 is 0 Å². The van der Waals surface area contributed by atoms with Crippen LogP contribution in [0.4, 0.5) is 5.69 Å². The quantitative estimate of drug-likeness (QED) is 0.441. The van der Waals surface area contributed by atoms with Gasteiger partial charge in [0.2, 0.25) is 10.0 Å². The summed E-state index contributed by atoms with van der Waals surface area (Å²) >= 11 is 12.4. The second-order valence-corrected chi connectivity index (χ2v) is 10.00. The third kappa shape index (κ3) is 4.14. The molecule has 0 radical (unpaired) electrons. The molecule has 0 aliphatic carbocycles. The van der Waals surface area contributed by atoms with Gasteiger partial charge in [-0.05, 0) is 48.5 Å². The summed E-state index contributed by atoms with van der Waals surface area (Å²) < 4.78 is 27.9. The van der Waals surface area contributed by atoms with Crippen LogP contribution in [0.25, 0.3) is 21.8 Å². The first kappa shape index (κ1) is 21.0. The second kappa shape index (κ2) is 8.12. The number of benzene rings is 3. The molecule has 3 aromatic carbocycles. The summed E-state index contributed by atoms with van der Waals surface area (Å²) in [5, 5.41) is 13.9. The first-order valence-electron chi connectivity index (χ1n) is 9.32. The molecule has 1 heterocycles. The molecule has 1 N–H and O–H groups in total. The van der Waals surface area contributed by atoms with Gasteiger partial charge in [-0.3, -0.25) is 4.31 Å². The molecule has 0 bridgehead atoms. The molecule has 0 saturated carbocycles. The van der Waals surface area contributed by atoms with Crippen molar-refractivity contribution in [1.29, 1.82) is 0 Å². The predicted octanol–water partition coefficient (Wildman–Crippen LogP) is 4.93. The minimum Gasteiger partial charge on any atom is -0.389 e. The van der Waals surface area contributed by atoms with E-state index in [9.17, 15) is 13.5 Å². The lowest BCUT2D eigenvalue weighted by Crippen LogP contribution is -2.38. The standard InChI is InChI=1S/C22H20Cl2N2O3S/c1-30(28,29)26(17-5-3-2-4-6-17)14-18(27)13-25-21-9-7-15(23)11-19(21)20-12-16(24)8-10-22(20)25/h2-12,18,27H,13-14H2,1H3/t18-/m1/s1. The van der Waals surface area contributed by atoms with Gasteiger partial charge in [-0.1, -0.05) is 41.4 Å². The number of sulfonamides is 1. The molecule has 1 aromatic heterocycles. The molecule has 8 heteroatoms. The largest absolute Gasteiger partial charge is 0.389 e. The summed E-state index contributed by atoms with van der Waals surface area (Å²) in [5.41, 5.74) is 2.29. The summed E-state index contributed by atoms with van der Waals surface area (Å²) in [5.74, 6) is 0. The number of para-hydroxylation sites is 1. The number of aliphatic hydroxyl groups excluding tert-OH is 1. The number of aromatic nitrogens is 1. The molecule has 0 spiro atoms. The normalized spacial score (nSPS) is 13.1. The van der Waals surface area contributed by atoms with E-state index in [0.717, 1.165) is 28.1 Å². The lowest BCUT2D eigenvalue weighted by molar-refractivity contribution is 0.166. The highest BCUT2D eigenvalue weighted by molar-refractivity contribution is 7.92. The number of fused-ring (bicyclic) bond motifs is 3. The lowest BCUT2D eigenvalue weighted by Gasteiger charge is -2.25. The SMILES string of the molecule is CS(=O)(=O)N(C[C@H](O)Cn1c2ccc(Cl)cc2c2cc(Cl)ccc21)c1ccccc1. The number of anilines is 1. The number of hydrogen-bond acceptors (Lipinski definition) is 3. The molecule has 0 fully saturated rings. The van der Waals surface area contributed by atoms with Crippen LogP contribution in [0.5, 0.6) is 0 Å². The minimum absolute atomic E-state index is 0.0643. The molecule has 1 atom stereocenters. The highest BCUT2D eigenvalue weighted by Gasteiger charge is 2.22. The maximum absolute atomic E-state index is 12.3. The summed E-state index contributed by atoms with van der Waals surface area (Å²) in [6.45, 7) is 0.146. The molecule has 0 aliphatic heterocycles. The fourth-order valence-electron chi connectivity index (χ4n) is 3.73. The number of aliphatic hydroxyl groups is 1. The zero-order valence-corrected chi connectivity index (χ0v) is 18.5. The third-order valence-electron chi connectivity index (χ3n) is 5.00. The molecule has 30 heavy (non-hydrogen) atoms. The molecule has 0 amide bonds. The topological polar surface area (TPSA) is 62.5 Å². The van der Waals surface area contributed by atoms with Gasteiger partial charge in [0.1, 0.15) is 0 Å². The van der Waals surface area contributed by atoms with Gasteiger partial charge in [-0.2, -0.15) is 0 Å². The number of hydrogen-bond donors (Lipinski definition) is 1. The van der Waals surface area contributed by atoms with E-state index in [1.807, 2.05) is 34.9 Å². The molecular weight excluding hydrogens is 443 g/mol. The van der Waals surface area contributed by atoms with Crippen LogP contribution in [0.2, 0.25) is 10.0 Å². The minimum atomic E-state index is -3.56. The van der Waals surface area contributed by atoms with Crippen LogP contribution in [0.1, 0.15) is 0 Å². The van der Waals surface area contributed by atoms with Crippen molar-refractivity contribution < 1.29 is 13.5 Å². The van der Waals surface area contributed by atoms with Crippen LogP contribution < -0.4 is 4.31 Å². The van der Waals surface area contributed by atoms with E-state index in [4.69, 9.17) is 23.2 Å². The fourth-order valence-corrected chi connectivity index (χ4v) is 5.02. The smallest absolute Gasteiger partial charge is 0.232 e. The Hall–Kier alpha value is -2.25. The molecule has 0 saturated heterocycles. The van der Waals surface area contributed by atoms with E-state index in [2.05, 4.69) is 0 Å². The average Bonchev–Trinajstić information content (AvgIpc) is 2.98. The second-order valence-electron chi connectivity index (χ2n) is 7.22. The van der Waals surface area contributed by atoms with Crippen LogP contribution in [0.15, 0.2) is 66.7 Å². The third-order valence-corrected chi connectivity index (χ3v) is 6.63. The Labute approximate surface area is 185 Å². The highest BCUT2D eigenvalue weighted by Crippen LogP contribution is 2.33. The monoisotopic (exact) mass is 462 g/mol. The summed E-state index contributed by atoms with van der Waals surface area (Å²) in [6.07, 6.45) is 0.196. The Balaban J connectivity index is 1.73. The number of halogens is 2. The van der Waals surface area contributed by atoms with Crippen molar-refractivity contribution in [2.45, 2.75) is 12.6 Å². The first-order chi connectivity index (χ1) is 14.2. The van der Waals surface area contributed by atoms with Gasteiger partial charge >= 0.3 is 0 Å². The van der Waals surface area contributed by atoms with Gasteiger partial charge in [0, 0.05) is 31.9 Å². The van der Waals surface area contributed by atoms with E-state index < -0.39 is 16.1 Å². The van der Waals surface area contributed by atoms with Crippen LogP contribution in [-0.2, 0) is 16.6 Å². The van der Waals surface area contributed by atoms with Crippen LogP contribution in [0, 0.1) is 0 Å². The fraction of sp³-hybridized carbons (Fsp3) is 0.182. The maximum Gasteiger partial charge on any atom is 0.232 e. The van der Waals surface area contributed by atoms with Crippen LogP contribution in [0.3, 0.4) is 0 Å². The Bertz CT molecular complexity index is 1260. The van der Waals surface area contributed by atoms with Gasteiger partial charge in [-0.25, -0.2) is 8.42 Å². The molecule has 156 valence electrons. The van der Waals surface area contributed by atoms with Crippen LogP contribution >= 0.6 is 23.2 Å². The molecule has 4 aromatic rings. The van der Waals surface area contributed by atoms with Gasteiger partial charge < -0.3 is 9.67 Å². The lowest BCUT2D eigenvalue weighted by atomic mass is 10.1. The Kier molecular flexibility index (Phi) is 5.68. The summed E-state index contributed by atoms with van der Waals surface area (Å²) in [6, 6.07) is 19.9. The van der Waals surface area contributed by atoms with Crippen molar-refractivity contribution in [3.8, 4) is 0 Å². The molecular formula is C22H20Cl2N2O3S. The molecule has 0 aliphatic rings. The zero-order valence-electron chi connectivity index (χ0n) is 16.2. The number of nitrogens with zero attached hydrogens (tertiary/aromatic N) is 2. The molecule has 0 unspecified atom stereocenters. The van der Waals surface area contributed by atoms with Crippen molar-refractivity contribution in [3.63, 3.8) is 0 Å². The Morgan fingerprint density at radius 1 is 0.933 bits per heavy atom. The number of rotatable bonds is 6. The maximum atomic E-state index is 12.3. The van der Waals surface area contributed by atoms with E-state index in [0.29, 0.717) is 15.7 Å². The Morgan fingerprint density at radius 2 is 1.47 bits per heavy atom. The van der Waals surface area contributed by atoms with Gasteiger partial charge in [0.05, 0.1) is 31.1 Å². The van der Waals surface area contributed by atoms with Gasteiger partial charge in [0.15, 0.2) is 0 Å². The van der Waals surface area contributed by atoms with E-state index in [-0.39, 0.29) is 13.1 Å². The summed E-state index contributed by atoms with van der Waals surface area (Å²) in [4.78, 5) is 0. The van der Waals surface area contributed by atoms with Crippen molar-refractivity contribution in [2.75, 3.05) is 17.1 Å². The van der Waals surface area contributed by atoms with Gasteiger partial charge in [-0.15, -0.1) is 0 Å².